The molecule has 0 radical (unpaired) electrons. The first kappa shape index (κ1) is 14.8. The first-order chi connectivity index (χ1) is 9.28. The fraction of sp³-hybridized carbons (Fsp3) is 0.455. The van der Waals surface area contributed by atoms with Crippen molar-refractivity contribution < 1.29 is 22.8 Å². The van der Waals surface area contributed by atoms with Crippen molar-refractivity contribution in [3.05, 3.63) is 17.0 Å². The predicted octanol–water partition coefficient (Wildman–Crippen LogP) is 1.33. The number of alkyl halides is 3. The maximum atomic E-state index is 13.2. The van der Waals surface area contributed by atoms with E-state index in [1.54, 1.807) is 0 Å². The molecule has 0 saturated carbocycles. The summed E-state index contributed by atoms with van der Waals surface area (Å²) in [7, 11) is 0. The second-order valence-corrected chi connectivity index (χ2v) is 5.40. The Labute approximate surface area is 116 Å². The third-order valence-electron chi connectivity index (χ3n) is 3.29. The van der Waals surface area contributed by atoms with Gasteiger partial charge in [0, 0.05) is 6.54 Å². The van der Waals surface area contributed by atoms with Crippen LogP contribution in [0, 0.1) is 5.41 Å². The van der Waals surface area contributed by atoms with E-state index < -0.39 is 30.0 Å². The largest absolute Gasteiger partial charge is 0.404 e. The van der Waals surface area contributed by atoms with Crippen molar-refractivity contribution in [3.8, 4) is 0 Å². The Morgan fingerprint density at radius 2 is 2.15 bits per heavy atom. The van der Waals surface area contributed by atoms with Gasteiger partial charge in [0.2, 0.25) is 5.91 Å². The molecule has 0 aromatic carbocycles. The monoisotopic (exact) mass is 307 g/mol. The van der Waals surface area contributed by atoms with E-state index in [0.717, 1.165) is 11.3 Å². The van der Waals surface area contributed by atoms with E-state index in [2.05, 4.69) is 10.6 Å². The molecule has 2 amide bonds. The molecule has 1 aliphatic heterocycles. The number of carbonyl (C=O) groups excluding carboxylic acids is 2. The average molecular weight is 307 g/mol. The van der Waals surface area contributed by atoms with Gasteiger partial charge < -0.3 is 16.4 Å². The standard InChI is InChI=1S/C11H12F3N3O2S/c12-11(13,14)10(2-3-16-5-10)9(19)17-8-6(7(15)18)1-4-20-8/h1,4,16H,2-3,5H2,(H2,15,18)(H,17,19). The molecule has 2 heterocycles. The van der Waals surface area contributed by atoms with Crippen LogP contribution in [0.15, 0.2) is 11.4 Å². The van der Waals surface area contributed by atoms with Crippen LogP contribution in [0.4, 0.5) is 18.2 Å². The lowest BCUT2D eigenvalue weighted by molar-refractivity contribution is -0.213. The average Bonchev–Trinajstić information content (AvgIpc) is 2.96. The molecule has 1 unspecified atom stereocenters. The highest BCUT2D eigenvalue weighted by atomic mass is 32.1. The number of nitrogens with two attached hydrogens (primary N) is 1. The summed E-state index contributed by atoms with van der Waals surface area (Å²) in [6, 6.07) is 1.36. The van der Waals surface area contributed by atoms with Crippen LogP contribution in [0.3, 0.4) is 0 Å². The zero-order valence-electron chi connectivity index (χ0n) is 10.2. The van der Waals surface area contributed by atoms with Gasteiger partial charge in [0.1, 0.15) is 5.00 Å². The Morgan fingerprint density at radius 1 is 1.45 bits per heavy atom. The zero-order chi connectivity index (χ0) is 15.0. The number of halogens is 3. The molecule has 0 bridgehead atoms. The van der Waals surface area contributed by atoms with Gasteiger partial charge in [-0.3, -0.25) is 9.59 Å². The molecule has 1 saturated heterocycles. The lowest BCUT2D eigenvalue weighted by Gasteiger charge is -2.29. The second kappa shape index (κ2) is 5.06. The number of hydrogen-bond donors (Lipinski definition) is 3. The highest BCUT2D eigenvalue weighted by Gasteiger charge is 2.61. The maximum absolute atomic E-state index is 13.2. The zero-order valence-corrected chi connectivity index (χ0v) is 11.0. The molecule has 9 heteroatoms. The lowest BCUT2D eigenvalue weighted by Crippen LogP contribution is -2.49. The molecule has 1 fully saturated rings. The molecule has 1 aromatic rings. The van der Waals surface area contributed by atoms with E-state index in [9.17, 15) is 22.8 Å². The fourth-order valence-corrected chi connectivity index (χ4v) is 2.87. The third-order valence-corrected chi connectivity index (χ3v) is 4.12. The van der Waals surface area contributed by atoms with Gasteiger partial charge in [0.15, 0.2) is 5.41 Å². The SMILES string of the molecule is NC(=O)c1ccsc1NC(=O)C1(C(F)(F)F)CCNC1. The maximum Gasteiger partial charge on any atom is 0.404 e. The van der Waals surface area contributed by atoms with E-state index >= 15 is 0 Å². The van der Waals surface area contributed by atoms with Crippen LogP contribution in [0.25, 0.3) is 0 Å². The molecule has 2 rings (SSSR count). The van der Waals surface area contributed by atoms with Crippen molar-refractivity contribution in [2.24, 2.45) is 11.1 Å². The van der Waals surface area contributed by atoms with Gasteiger partial charge >= 0.3 is 6.18 Å². The highest BCUT2D eigenvalue weighted by molar-refractivity contribution is 7.14. The van der Waals surface area contributed by atoms with Crippen molar-refractivity contribution in [2.45, 2.75) is 12.6 Å². The smallest absolute Gasteiger partial charge is 0.366 e. The van der Waals surface area contributed by atoms with Gasteiger partial charge in [-0.25, -0.2) is 0 Å². The first-order valence-corrected chi connectivity index (χ1v) is 6.62. The van der Waals surface area contributed by atoms with E-state index in [0.29, 0.717) is 0 Å². The van der Waals surface area contributed by atoms with Crippen molar-refractivity contribution in [3.63, 3.8) is 0 Å². The molecule has 20 heavy (non-hydrogen) atoms. The first-order valence-electron chi connectivity index (χ1n) is 5.74. The second-order valence-electron chi connectivity index (χ2n) is 4.49. The van der Waals surface area contributed by atoms with Crippen molar-refractivity contribution >= 4 is 28.2 Å². The summed E-state index contributed by atoms with van der Waals surface area (Å²) >= 11 is 0.954. The molecule has 0 spiro atoms. The summed E-state index contributed by atoms with van der Waals surface area (Å²) in [6.45, 7) is -0.361. The van der Waals surface area contributed by atoms with E-state index in [-0.39, 0.29) is 23.5 Å². The number of nitrogens with one attached hydrogen (secondary N) is 2. The van der Waals surface area contributed by atoms with Gasteiger partial charge in [-0.15, -0.1) is 11.3 Å². The Kier molecular flexibility index (Phi) is 3.74. The quantitative estimate of drug-likeness (QED) is 0.787. The Morgan fingerprint density at radius 3 is 2.65 bits per heavy atom. The fourth-order valence-electron chi connectivity index (χ4n) is 2.08. The van der Waals surface area contributed by atoms with Gasteiger partial charge in [0.05, 0.1) is 5.56 Å². The minimum absolute atomic E-state index is 0.00614. The topological polar surface area (TPSA) is 84.2 Å². The van der Waals surface area contributed by atoms with Gasteiger partial charge in [-0.1, -0.05) is 0 Å². The normalized spacial score (nSPS) is 22.8. The van der Waals surface area contributed by atoms with E-state index in [4.69, 9.17) is 5.73 Å². The highest BCUT2D eigenvalue weighted by Crippen LogP contribution is 2.44. The summed E-state index contributed by atoms with van der Waals surface area (Å²) in [4.78, 5) is 23.1. The van der Waals surface area contributed by atoms with E-state index in [1.165, 1.54) is 11.4 Å². The van der Waals surface area contributed by atoms with Crippen LogP contribution >= 0.6 is 11.3 Å². The predicted molar refractivity (Wildman–Crippen MR) is 67.4 cm³/mol. The number of anilines is 1. The summed E-state index contributed by atoms with van der Waals surface area (Å²) < 4.78 is 39.5. The number of carbonyl (C=O) groups is 2. The third kappa shape index (κ3) is 2.38. The van der Waals surface area contributed by atoms with Crippen LogP contribution in [-0.4, -0.2) is 31.1 Å². The Hall–Kier alpha value is -1.61. The number of amides is 2. The molecule has 1 aromatic heterocycles. The lowest BCUT2D eigenvalue weighted by atomic mass is 9.85. The minimum atomic E-state index is -4.66. The molecule has 1 aliphatic rings. The molecule has 110 valence electrons. The van der Waals surface area contributed by atoms with Crippen molar-refractivity contribution in [2.75, 3.05) is 18.4 Å². The summed E-state index contributed by atoms with van der Waals surface area (Å²) in [6.07, 6.45) is -5.00. The minimum Gasteiger partial charge on any atom is -0.366 e. The van der Waals surface area contributed by atoms with Crippen LogP contribution in [0.2, 0.25) is 0 Å². The van der Waals surface area contributed by atoms with Gasteiger partial charge in [0.25, 0.3) is 5.91 Å². The van der Waals surface area contributed by atoms with Gasteiger partial charge in [-0.2, -0.15) is 13.2 Å². The van der Waals surface area contributed by atoms with Crippen molar-refractivity contribution in [1.82, 2.24) is 5.32 Å². The van der Waals surface area contributed by atoms with Crippen LogP contribution in [0.5, 0.6) is 0 Å². The molecule has 1 atom stereocenters. The van der Waals surface area contributed by atoms with Crippen molar-refractivity contribution in [1.29, 1.82) is 0 Å². The van der Waals surface area contributed by atoms with E-state index in [1.807, 2.05) is 0 Å². The number of rotatable bonds is 3. The van der Waals surface area contributed by atoms with Crippen LogP contribution < -0.4 is 16.4 Å². The molecule has 4 N–H and O–H groups in total. The van der Waals surface area contributed by atoms with Crippen LogP contribution in [-0.2, 0) is 4.79 Å². The summed E-state index contributed by atoms with van der Waals surface area (Å²) in [5.41, 5.74) is 2.63. The Balaban J connectivity index is 2.26. The molecule has 0 aliphatic carbocycles. The summed E-state index contributed by atoms with van der Waals surface area (Å²) in [5, 5.41) is 6.24. The number of hydrogen-bond acceptors (Lipinski definition) is 4. The molecular formula is C11H12F3N3O2S. The number of primary amides is 1. The molecular weight excluding hydrogens is 295 g/mol. The summed E-state index contributed by atoms with van der Waals surface area (Å²) in [5.74, 6) is -1.97. The number of thiophene rings is 1. The van der Waals surface area contributed by atoms with Crippen LogP contribution in [0.1, 0.15) is 16.8 Å². The molecule has 5 nitrogen and oxygen atoms in total. The van der Waals surface area contributed by atoms with Gasteiger partial charge in [-0.05, 0) is 24.4 Å². The Bertz CT molecular complexity index is 535.